The molecule has 3 rings (SSSR count). The van der Waals surface area contributed by atoms with Crippen molar-refractivity contribution in [2.24, 2.45) is 0 Å². The molecule has 0 bridgehead atoms. The van der Waals surface area contributed by atoms with Gasteiger partial charge in [-0.15, -0.1) is 11.8 Å². The Labute approximate surface area is 158 Å². The second kappa shape index (κ2) is 8.24. The van der Waals surface area contributed by atoms with Crippen molar-refractivity contribution in [3.8, 4) is 11.5 Å². The molecule has 0 saturated carbocycles. The lowest BCUT2D eigenvalue weighted by molar-refractivity contribution is -0.115. The Bertz CT molecular complexity index is 933. The fourth-order valence-electron chi connectivity index (χ4n) is 2.24. The molecule has 2 heterocycles. The van der Waals surface area contributed by atoms with Crippen LogP contribution in [0.5, 0.6) is 11.5 Å². The maximum atomic E-state index is 12.2. The first-order valence-corrected chi connectivity index (χ1v) is 8.98. The minimum atomic E-state index is -0.137. The number of halogens is 1. The molecule has 8 nitrogen and oxygen atoms in total. The molecule has 0 spiro atoms. The number of imidazole rings is 1. The molecular formula is C16H16ClN5O3S. The van der Waals surface area contributed by atoms with Crippen molar-refractivity contribution in [3.63, 3.8) is 0 Å². The Morgan fingerprint density at radius 1 is 1.31 bits per heavy atom. The predicted molar refractivity (Wildman–Crippen MR) is 100 cm³/mol. The van der Waals surface area contributed by atoms with Crippen molar-refractivity contribution in [3.05, 3.63) is 29.8 Å². The Kier molecular flexibility index (Phi) is 5.79. The number of rotatable bonds is 7. The van der Waals surface area contributed by atoms with E-state index < -0.39 is 0 Å². The van der Waals surface area contributed by atoms with Crippen LogP contribution >= 0.6 is 23.4 Å². The van der Waals surface area contributed by atoms with E-state index in [2.05, 4.69) is 25.3 Å². The predicted octanol–water partition coefficient (Wildman–Crippen LogP) is 3.14. The zero-order valence-electron chi connectivity index (χ0n) is 14.1. The van der Waals surface area contributed by atoms with E-state index >= 15 is 0 Å². The van der Waals surface area contributed by atoms with E-state index in [9.17, 15) is 4.79 Å². The van der Waals surface area contributed by atoms with Gasteiger partial charge in [0.25, 0.3) is 0 Å². The monoisotopic (exact) mass is 393 g/mol. The topological polar surface area (TPSA) is 102 Å². The van der Waals surface area contributed by atoms with Crippen LogP contribution in [0.3, 0.4) is 0 Å². The number of nitrogens with zero attached hydrogens (tertiary/aromatic N) is 3. The van der Waals surface area contributed by atoms with Crippen LogP contribution in [0.25, 0.3) is 11.2 Å². The molecule has 0 saturated heterocycles. The van der Waals surface area contributed by atoms with Gasteiger partial charge in [0.05, 0.1) is 26.2 Å². The lowest BCUT2D eigenvalue weighted by atomic mass is 10.2. The van der Waals surface area contributed by atoms with Gasteiger partial charge in [0.2, 0.25) is 11.2 Å². The number of nitrogens with one attached hydrogen (secondary N) is 2. The summed E-state index contributed by atoms with van der Waals surface area (Å²) in [6.07, 6.45) is 1.82. The molecule has 136 valence electrons. The molecule has 0 aliphatic rings. The van der Waals surface area contributed by atoms with Gasteiger partial charge in [-0.2, -0.15) is 4.98 Å². The van der Waals surface area contributed by atoms with Crippen LogP contribution < -0.4 is 14.8 Å². The van der Waals surface area contributed by atoms with Crippen LogP contribution in [0.4, 0.5) is 5.69 Å². The van der Waals surface area contributed by atoms with Crippen molar-refractivity contribution in [2.45, 2.75) is 11.4 Å². The van der Waals surface area contributed by atoms with Crippen molar-refractivity contribution in [2.75, 3.05) is 25.3 Å². The van der Waals surface area contributed by atoms with Gasteiger partial charge in [-0.25, -0.2) is 9.97 Å². The van der Waals surface area contributed by atoms with Gasteiger partial charge < -0.3 is 19.8 Å². The van der Waals surface area contributed by atoms with Crippen LogP contribution in [0.15, 0.2) is 29.6 Å². The van der Waals surface area contributed by atoms with E-state index in [1.54, 1.807) is 25.3 Å². The number of carbonyl (C=O) groups is 1. The summed E-state index contributed by atoms with van der Waals surface area (Å²) < 4.78 is 10.4. The Morgan fingerprint density at radius 2 is 2.15 bits per heavy atom. The highest BCUT2D eigenvalue weighted by atomic mass is 35.5. The van der Waals surface area contributed by atoms with Gasteiger partial charge in [-0.1, -0.05) is 0 Å². The minimum absolute atomic E-state index is 0.125. The molecule has 2 N–H and O–H groups in total. The minimum Gasteiger partial charge on any atom is -0.497 e. The number of carbonyl (C=O) groups excluding carboxylic acids is 1. The normalized spacial score (nSPS) is 10.7. The van der Waals surface area contributed by atoms with Crippen molar-refractivity contribution in [1.29, 1.82) is 0 Å². The highest BCUT2D eigenvalue weighted by Gasteiger charge is 2.12. The van der Waals surface area contributed by atoms with Crippen molar-refractivity contribution in [1.82, 2.24) is 19.9 Å². The molecule has 3 aromatic rings. The number of methoxy groups -OCH3 is 2. The third-order valence-corrected chi connectivity index (χ3v) is 4.62. The fourth-order valence-corrected chi connectivity index (χ4v) is 3.38. The summed E-state index contributed by atoms with van der Waals surface area (Å²) in [5.74, 6) is 1.57. The van der Waals surface area contributed by atoms with Crippen molar-refractivity contribution < 1.29 is 14.3 Å². The summed E-state index contributed by atoms with van der Waals surface area (Å²) in [6, 6.07) is 5.20. The maximum absolute atomic E-state index is 12.2. The number of aromatic amines is 1. The van der Waals surface area contributed by atoms with E-state index in [0.717, 1.165) is 0 Å². The first kappa shape index (κ1) is 18.3. The van der Waals surface area contributed by atoms with Crippen LogP contribution in [0, 0.1) is 0 Å². The van der Waals surface area contributed by atoms with Crippen LogP contribution in [-0.4, -0.2) is 45.8 Å². The smallest absolute Gasteiger partial charge is 0.225 e. The van der Waals surface area contributed by atoms with Gasteiger partial charge in [-0.05, 0) is 23.7 Å². The molecule has 0 aliphatic carbocycles. The van der Waals surface area contributed by atoms with Crippen LogP contribution in [-0.2, 0) is 4.79 Å². The summed E-state index contributed by atoms with van der Waals surface area (Å²) in [7, 11) is 3.11. The van der Waals surface area contributed by atoms with E-state index in [4.69, 9.17) is 21.1 Å². The van der Waals surface area contributed by atoms with Crippen molar-refractivity contribution >= 4 is 46.1 Å². The Morgan fingerprint density at radius 3 is 2.92 bits per heavy atom. The van der Waals surface area contributed by atoms with E-state index in [1.807, 2.05) is 0 Å². The highest BCUT2D eigenvalue weighted by molar-refractivity contribution is 7.99. The van der Waals surface area contributed by atoms with E-state index in [-0.39, 0.29) is 17.6 Å². The standard InChI is InChI=1S/C16H16ClN5O3S/c1-24-9-3-4-10(11(7-9)25-2)20-12(23)5-6-26-15-13-14(19-8-18-13)21-16(17)22-15/h3-4,7-8H,5-6H2,1-2H3,(H,20,23)(H,18,19,21,22). The zero-order valence-corrected chi connectivity index (χ0v) is 15.6. The van der Waals surface area contributed by atoms with Gasteiger partial charge in [0.1, 0.15) is 22.0 Å². The number of benzene rings is 1. The first-order chi connectivity index (χ1) is 12.6. The SMILES string of the molecule is COc1ccc(NC(=O)CCSc2nc(Cl)nc3nc[nH]c23)c(OC)c1. The number of fused-ring (bicyclic) bond motifs is 1. The molecular weight excluding hydrogens is 378 g/mol. The number of H-pyrrole nitrogens is 1. The van der Waals surface area contributed by atoms with Gasteiger partial charge in [0, 0.05) is 18.2 Å². The average molecular weight is 394 g/mol. The molecule has 0 unspecified atom stereocenters. The van der Waals surface area contributed by atoms with Gasteiger partial charge in [0.15, 0.2) is 5.65 Å². The number of thioether (sulfide) groups is 1. The molecule has 2 aromatic heterocycles. The molecule has 0 atom stereocenters. The molecule has 10 heteroatoms. The third kappa shape index (κ3) is 4.17. The van der Waals surface area contributed by atoms with Gasteiger partial charge >= 0.3 is 0 Å². The number of anilines is 1. The average Bonchev–Trinajstić information content (AvgIpc) is 3.10. The first-order valence-electron chi connectivity index (χ1n) is 7.62. The van der Waals surface area contributed by atoms with E-state index in [1.165, 1.54) is 25.2 Å². The summed E-state index contributed by atoms with van der Waals surface area (Å²) in [4.78, 5) is 27.5. The summed E-state index contributed by atoms with van der Waals surface area (Å²) >= 11 is 7.30. The molecule has 26 heavy (non-hydrogen) atoms. The number of ether oxygens (including phenoxy) is 2. The molecule has 1 aromatic carbocycles. The summed E-state index contributed by atoms with van der Waals surface area (Å²) in [6.45, 7) is 0. The van der Waals surface area contributed by atoms with Crippen LogP contribution in [0.1, 0.15) is 6.42 Å². The number of amides is 1. The van der Waals surface area contributed by atoms with Crippen LogP contribution in [0.2, 0.25) is 5.28 Å². The fraction of sp³-hybridized carbons (Fsp3) is 0.250. The van der Waals surface area contributed by atoms with E-state index in [0.29, 0.717) is 39.1 Å². The second-order valence-electron chi connectivity index (χ2n) is 5.11. The number of hydrogen-bond acceptors (Lipinski definition) is 7. The molecule has 0 fully saturated rings. The maximum Gasteiger partial charge on any atom is 0.225 e. The summed E-state index contributed by atoms with van der Waals surface area (Å²) in [5.41, 5.74) is 1.79. The molecule has 1 amide bonds. The molecule has 0 aliphatic heterocycles. The van der Waals surface area contributed by atoms with Gasteiger partial charge in [-0.3, -0.25) is 4.79 Å². The number of hydrogen-bond donors (Lipinski definition) is 2. The highest BCUT2D eigenvalue weighted by Crippen LogP contribution is 2.29. The second-order valence-corrected chi connectivity index (χ2v) is 6.53. The zero-order chi connectivity index (χ0) is 18.5. The lowest BCUT2D eigenvalue weighted by Crippen LogP contribution is -2.13. The molecule has 0 radical (unpaired) electrons. The lowest BCUT2D eigenvalue weighted by Gasteiger charge is -2.11. The Balaban J connectivity index is 1.60. The summed E-state index contributed by atoms with van der Waals surface area (Å²) in [5, 5.41) is 3.61. The third-order valence-electron chi connectivity index (χ3n) is 3.48. The Hall–Kier alpha value is -2.52. The quantitative estimate of drug-likeness (QED) is 0.361. The number of aromatic nitrogens is 4. The largest absolute Gasteiger partial charge is 0.497 e.